The predicted molar refractivity (Wildman–Crippen MR) is 132 cm³/mol. The van der Waals surface area contributed by atoms with Crippen LogP contribution >= 0.6 is 23.2 Å². The van der Waals surface area contributed by atoms with Gasteiger partial charge in [0.25, 0.3) is 0 Å². The second kappa shape index (κ2) is 9.12. The molecule has 0 unspecified atom stereocenters. The number of halogens is 2. The van der Waals surface area contributed by atoms with Gasteiger partial charge in [-0.25, -0.2) is 4.68 Å². The van der Waals surface area contributed by atoms with Crippen LogP contribution in [0.4, 0.5) is 5.69 Å². The van der Waals surface area contributed by atoms with Crippen LogP contribution in [0.15, 0.2) is 36.4 Å². The lowest BCUT2D eigenvalue weighted by Gasteiger charge is -2.42. The molecule has 1 amide bonds. The molecule has 2 aliphatic heterocycles. The Balaban J connectivity index is 1.38. The highest BCUT2D eigenvalue weighted by Crippen LogP contribution is 2.31. The standard InChI is InChI=1S/C24H28Cl2N6O/c1-15-14-30(24(33)22-4-3-9-27-22)10-11-31(15)18-6-8-21-23(13-18)32(29-28-21)16(2)19-7-5-17(25)12-20(19)26/h5-8,12-13,15-16,22,27H,3-4,9-11,14H2,1-2H3/t15-,16+,22+/m0/s1. The van der Waals surface area contributed by atoms with Crippen LogP contribution < -0.4 is 10.2 Å². The fourth-order valence-electron chi connectivity index (χ4n) is 5.02. The molecule has 3 atom stereocenters. The summed E-state index contributed by atoms with van der Waals surface area (Å²) < 4.78 is 1.91. The van der Waals surface area contributed by atoms with Crippen molar-refractivity contribution in [3.63, 3.8) is 0 Å². The Hall–Kier alpha value is -2.35. The summed E-state index contributed by atoms with van der Waals surface area (Å²) in [5, 5.41) is 13.3. The molecule has 9 heteroatoms. The van der Waals surface area contributed by atoms with Crippen molar-refractivity contribution in [2.75, 3.05) is 31.1 Å². The smallest absolute Gasteiger partial charge is 0.239 e. The van der Waals surface area contributed by atoms with Gasteiger partial charge in [0.15, 0.2) is 0 Å². The molecule has 2 saturated heterocycles. The van der Waals surface area contributed by atoms with Crippen LogP contribution in [-0.2, 0) is 4.79 Å². The van der Waals surface area contributed by atoms with Crippen LogP contribution in [0.25, 0.3) is 11.0 Å². The lowest BCUT2D eigenvalue weighted by atomic mass is 10.1. The highest BCUT2D eigenvalue weighted by Gasteiger charge is 2.32. The van der Waals surface area contributed by atoms with E-state index in [-0.39, 0.29) is 24.0 Å². The van der Waals surface area contributed by atoms with Crippen LogP contribution in [0.3, 0.4) is 0 Å². The highest BCUT2D eigenvalue weighted by atomic mass is 35.5. The number of aromatic nitrogens is 3. The van der Waals surface area contributed by atoms with E-state index in [2.05, 4.69) is 46.5 Å². The normalized spacial score (nSPS) is 22.2. The molecule has 0 bridgehead atoms. The Morgan fingerprint density at radius 3 is 2.76 bits per heavy atom. The van der Waals surface area contributed by atoms with Gasteiger partial charge in [0.2, 0.25) is 5.91 Å². The van der Waals surface area contributed by atoms with Gasteiger partial charge in [0.1, 0.15) is 5.52 Å². The van der Waals surface area contributed by atoms with E-state index in [1.165, 1.54) is 0 Å². The highest BCUT2D eigenvalue weighted by molar-refractivity contribution is 6.35. The molecular formula is C24H28Cl2N6O. The predicted octanol–water partition coefficient (Wildman–Crippen LogP) is 4.14. The van der Waals surface area contributed by atoms with Gasteiger partial charge in [-0.3, -0.25) is 4.79 Å². The van der Waals surface area contributed by atoms with Gasteiger partial charge in [-0.2, -0.15) is 0 Å². The van der Waals surface area contributed by atoms with Crippen molar-refractivity contribution < 1.29 is 4.79 Å². The van der Waals surface area contributed by atoms with E-state index in [0.717, 1.165) is 61.3 Å². The van der Waals surface area contributed by atoms with E-state index in [1.807, 2.05) is 27.8 Å². The lowest BCUT2D eigenvalue weighted by Crippen LogP contribution is -2.56. The third-order valence-electron chi connectivity index (χ3n) is 6.86. The van der Waals surface area contributed by atoms with Crippen molar-refractivity contribution in [1.29, 1.82) is 0 Å². The molecule has 5 rings (SSSR count). The van der Waals surface area contributed by atoms with Crippen molar-refractivity contribution in [3.05, 3.63) is 52.0 Å². The van der Waals surface area contributed by atoms with E-state index in [9.17, 15) is 4.79 Å². The summed E-state index contributed by atoms with van der Waals surface area (Å²) in [6.45, 7) is 7.42. The largest absolute Gasteiger partial charge is 0.365 e. The maximum absolute atomic E-state index is 12.8. The average Bonchev–Trinajstić information content (AvgIpc) is 3.48. The number of rotatable bonds is 4. The van der Waals surface area contributed by atoms with Crippen molar-refractivity contribution in [3.8, 4) is 0 Å². The number of hydrogen-bond acceptors (Lipinski definition) is 5. The second-order valence-corrected chi connectivity index (χ2v) is 9.87. The molecule has 174 valence electrons. The third-order valence-corrected chi connectivity index (χ3v) is 7.43. The molecule has 2 fully saturated rings. The zero-order valence-corrected chi connectivity index (χ0v) is 20.4. The molecule has 1 aromatic heterocycles. The van der Waals surface area contributed by atoms with Gasteiger partial charge in [-0.1, -0.05) is 34.5 Å². The molecule has 33 heavy (non-hydrogen) atoms. The number of fused-ring (bicyclic) bond motifs is 1. The molecule has 2 aliphatic rings. The fourth-order valence-corrected chi connectivity index (χ4v) is 5.58. The summed E-state index contributed by atoms with van der Waals surface area (Å²) >= 11 is 12.5. The van der Waals surface area contributed by atoms with E-state index in [0.29, 0.717) is 10.0 Å². The average molecular weight is 487 g/mol. The first-order chi connectivity index (χ1) is 15.9. The van der Waals surface area contributed by atoms with E-state index >= 15 is 0 Å². The maximum Gasteiger partial charge on any atom is 0.239 e. The van der Waals surface area contributed by atoms with Crippen molar-refractivity contribution in [2.24, 2.45) is 0 Å². The number of amides is 1. The number of hydrogen-bond donors (Lipinski definition) is 1. The summed E-state index contributed by atoms with van der Waals surface area (Å²) in [7, 11) is 0. The maximum atomic E-state index is 12.8. The Labute approximate surface area is 203 Å². The van der Waals surface area contributed by atoms with Gasteiger partial charge in [-0.05, 0) is 69.1 Å². The Kier molecular flexibility index (Phi) is 6.20. The van der Waals surface area contributed by atoms with Gasteiger partial charge < -0.3 is 15.1 Å². The Morgan fingerprint density at radius 2 is 2.03 bits per heavy atom. The summed E-state index contributed by atoms with van der Waals surface area (Å²) in [6, 6.07) is 11.9. The summed E-state index contributed by atoms with van der Waals surface area (Å²) in [5.74, 6) is 0.241. The van der Waals surface area contributed by atoms with Crippen molar-refractivity contribution in [2.45, 2.75) is 44.8 Å². The SMILES string of the molecule is C[C@H](c1ccc(Cl)cc1Cl)n1nnc2ccc(N3CCN(C(=O)[C@H]4CCCN4)C[C@@H]3C)cc21. The molecule has 2 aromatic carbocycles. The van der Waals surface area contributed by atoms with E-state index in [1.54, 1.807) is 6.07 Å². The number of nitrogens with one attached hydrogen (secondary N) is 1. The summed E-state index contributed by atoms with van der Waals surface area (Å²) in [4.78, 5) is 17.2. The first kappa shape index (κ1) is 22.4. The number of carbonyl (C=O) groups excluding carboxylic acids is 1. The topological polar surface area (TPSA) is 66.3 Å². The summed E-state index contributed by atoms with van der Waals surface area (Å²) in [5.41, 5.74) is 3.84. The van der Waals surface area contributed by atoms with Crippen LogP contribution in [0.2, 0.25) is 10.0 Å². The third kappa shape index (κ3) is 4.29. The van der Waals surface area contributed by atoms with Crippen LogP contribution in [0.1, 0.15) is 38.3 Å². The molecule has 0 aliphatic carbocycles. The lowest BCUT2D eigenvalue weighted by molar-refractivity contribution is -0.133. The minimum Gasteiger partial charge on any atom is -0.365 e. The van der Waals surface area contributed by atoms with Crippen molar-refractivity contribution >= 4 is 45.8 Å². The molecule has 3 heterocycles. The first-order valence-corrected chi connectivity index (χ1v) is 12.3. The molecule has 0 radical (unpaired) electrons. The molecule has 0 saturated carbocycles. The van der Waals surface area contributed by atoms with Crippen LogP contribution in [-0.4, -0.2) is 64.1 Å². The van der Waals surface area contributed by atoms with Gasteiger partial charge in [0, 0.05) is 41.4 Å². The number of nitrogens with zero attached hydrogens (tertiary/aromatic N) is 5. The first-order valence-electron chi connectivity index (χ1n) is 11.5. The summed E-state index contributed by atoms with van der Waals surface area (Å²) in [6.07, 6.45) is 2.02. The van der Waals surface area contributed by atoms with Gasteiger partial charge in [0.05, 0.1) is 17.6 Å². The Morgan fingerprint density at radius 1 is 1.18 bits per heavy atom. The van der Waals surface area contributed by atoms with Gasteiger partial charge >= 0.3 is 0 Å². The fraction of sp³-hybridized carbons (Fsp3) is 0.458. The van der Waals surface area contributed by atoms with Crippen LogP contribution in [0.5, 0.6) is 0 Å². The number of piperazine rings is 1. The second-order valence-electron chi connectivity index (χ2n) is 9.02. The monoisotopic (exact) mass is 486 g/mol. The van der Waals surface area contributed by atoms with Crippen molar-refractivity contribution in [1.82, 2.24) is 25.2 Å². The zero-order chi connectivity index (χ0) is 23.1. The van der Waals surface area contributed by atoms with Crippen LogP contribution in [0, 0.1) is 0 Å². The zero-order valence-electron chi connectivity index (χ0n) is 18.8. The van der Waals surface area contributed by atoms with E-state index < -0.39 is 0 Å². The minimum atomic E-state index is -0.0965. The molecule has 0 spiro atoms. The van der Waals surface area contributed by atoms with E-state index in [4.69, 9.17) is 23.2 Å². The molecule has 3 aromatic rings. The minimum absolute atomic E-state index is 0.0123. The molecule has 1 N–H and O–H groups in total. The quantitative estimate of drug-likeness (QED) is 0.600. The number of anilines is 1. The van der Waals surface area contributed by atoms with Gasteiger partial charge in [-0.15, -0.1) is 5.10 Å². The Bertz CT molecular complexity index is 1170. The number of benzene rings is 2. The molecule has 7 nitrogen and oxygen atoms in total. The molecular weight excluding hydrogens is 459 g/mol. The number of carbonyl (C=O) groups is 1.